The highest BCUT2D eigenvalue weighted by molar-refractivity contribution is 6.35. The molecular weight excluding hydrogens is 490 g/mol. The maximum Gasteiger partial charge on any atom is 0.250 e. The summed E-state index contributed by atoms with van der Waals surface area (Å²) in [6, 6.07) is 11.8. The molecule has 0 amide bonds. The van der Waals surface area contributed by atoms with Crippen LogP contribution in [0.25, 0.3) is 0 Å². The third kappa shape index (κ3) is 5.00. The van der Waals surface area contributed by atoms with E-state index < -0.39 is 5.82 Å². The van der Waals surface area contributed by atoms with E-state index in [4.69, 9.17) is 44.4 Å². The van der Waals surface area contributed by atoms with Crippen molar-refractivity contribution >= 4 is 40.6 Å². The van der Waals surface area contributed by atoms with Gasteiger partial charge in [-0.1, -0.05) is 58.2 Å². The number of nitrogens with zero attached hydrogens (tertiary/aromatic N) is 3. The van der Waals surface area contributed by atoms with Gasteiger partial charge in [0.2, 0.25) is 5.88 Å². The van der Waals surface area contributed by atoms with Crippen LogP contribution in [0.2, 0.25) is 15.2 Å². The molecule has 0 spiro atoms. The third-order valence-corrected chi connectivity index (χ3v) is 6.23. The number of oxime groups is 1. The molecule has 0 unspecified atom stereocenters. The van der Waals surface area contributed by atoms with E-state index in [1.54, 1.807) is 36.4 Å². The van der Waals surface area contributed by atoms with Gasteiger partial charge in [-0.25, -0.2) is 4.39 Å². The van der Waals surface area contributed by atoms with Crippen molar-refractivity contribution in [2.24, 2.45) is 5.16 Å². The Hall–Kier alpha value is -2.61. The highest BCUT2D eigenvalue weighted by atomic mass is 35.5. The molecule has 170 valence electrons. The van der Waals surface area contributed by atoms with E-state index in [1.807, 2.05) is 6.07 Å². The predicted octanol–water partition coefficient (Wildman–Crippen LogP) is 6.14. The second kappa shape index (κ2) is 9.33. The highest BCUT2D eigenvalue weighted by Gasteiger charge is 2.29. The zero-order chi connectivity index (χ0) is 22.9. The van der Waals surface area contributed by atoms with E-state index in [1.165, 1.54) is 0 Å². The van der Waals surface area contributed by atoms with Crippen LogP contribution in [0.4, 0.5) is 4.39 Å². The van der Waals surface area contributed by atoms with E-state index in [0.717, 1.165) is 18.4 Å². The fourth-order valence-electron chi connectivity index (χ4n) is 3.66. The fraction of sp³-hybridized carbons (Fsp3) is 0.261. The number of aromatic nitrogens is 2. The number of nitrogens with one attached hydrogen (secondary N) is 1. The van der Waals surface area contributed by atoms with Crippen molar-refractivity contribution < 1.29 is 14.0 Å². The minimum Gasteiger partial charge on any atom is -0.434 e. The molecule has 2 aliphatic rings. The Balaban J connectivity index is 1.39. The van der Waals surface area contributed by atoms with Crippen LogP contribution in [0.1, 0.15) is 35.4 Å². The molecule has 1 aliphatic heterocycles. The summed E-state index contributed by atoms with van der Waals surface area (Å²) in [4.78, 5) is 5.45. The molecular formula is C23H18Cl3FN4O2. The summed E-state index contributed by atoms with van der Waals surface area (Å²) >= 11 is 18.4. The van der Waals surface area contributed by atoms with Crippen molar-refractivity contribution in [2.75, 3.05) is 6.61 Å². The van der Waals surface area contributed by atoms with Crippen LogP contribution in [-0.2, 0) is 11.3 Å². The molecule has 1 N–H and O–H groups in total. The molecule has 5 rings (SSSR count). The number of hydrogen-bond donors (Lipinski definition) is 1. The Morgan fingerprint density at radius 3 is 2.73 bits per heavy atom. The quantitative estimate of drug-likeness (QED) is 0.434. The van der Waals surface area contributed by atoms with E-state index in [-0.39, 0.29) is 28.7 Å². The molecule has 6 nitrogen and oxygen atoms in total. The van der Waals surface area contributed by atoms with Gasteiger partial charge in [-0.15, -0.1) is 10.2 Å². The zero-order valence-electron chi connectivity index (χ0n) is 17.2. The first-order chi connectivity index (χ1) is 16.0. The van der Waals surface area contributed by atoms with Crippen molar-refractivity contribution in [1.82, 2.24) is 15.5 Å². The van der Waals surface area contributed by atoms with Crippen molar-refractivity contribution in [2.45, 2.75) is 31.2 Å². The average Bonchev–Trinajstić information content (AvgIpc) is 3.64. The number of benzene rings is 2. The molecule has 2 heterocycles. The van der Waals surface area contributed by atoms with Crippen LogP contribution in [-0.4, -0.2) is 28.7 Å². The van der Waals surface area contributed by atoms with Gasteiger partial charge in [0.25, 0.3) is 0 Å². The van der Waals surface area contributed by atoms with E-state index >= 15 is 0 Å². The van der Waals surface area contributed by atoms with Crippen LogP contribution < -0.4 is 10.1 Å². The largest absolute Gasteiger partial charge is 0.434 e. The second-order valence-corrected chi connectivity index (χ2v) is 9.17. The summed E-state index contributed by atoms with van der Waals surface area (Å²) in [5.41, 5.74) is 1.95. The molecule has 0 saturated heterocycles. The lowest BCUT2D eigenvalue weighted by molar-refractivity contribution is 0.109. The molecule has 1 fully saturated rings. The van der Waals surface area contributed by atoms with Gasteiger partial charge in [0.1, 0.15) is 6.61 Å². The number of rotatable bonds is 6. The van der Waals surface area contributed by atoms with Crippen molar-refractivity contribution in [3.63, 3.8) is 0 Å². The summed E-state index contributed by atoms with van der Waals surface area (Å²) < 4.78 is 20.8. The number of ether oxygens (including phenoxy) is 1. The summed E-state index contributed by atoms with van der Waals surface area (Å²) in [7, 11) is 0. The van der Waals surface area contributed by atoms with Gasteiger partial charge in [0, 0.05) is 10.0 Å². The van der Waals surface area contributed by atoms with Crippen molar-refractivity contribution in [1.29, 1.82) is 0 Å². The van der Waals surface area contributed by atoms with Gasteiger partial charge < -0.3 is 14.9 Å². The minimum atomic E-state index is -0.396. The maximum absolute atomic E-state index is 15.0. The Kier molecular flexibility index (Phi) is 6.27. The highest BCUT2D eigenvalue weighted by Crippen LogP contribution is 2.43. The molecule has 0 radical (unpaired) electrons. The lowest BCUT2D eigenvalue weighted by Gasteiger charge is -2.25. The first-order valence-electron chi connectivity index (χ1n) is 10.4. The van der Waals surface area contributed by atoms with Crippen molar-refractivity contribution in [3.8, 4) is 11.6 Å². The van der Waals surface area contributed by atoms with Crippen LogP contribution in [0.15, 0.2) is 47.6 Å². The van der Waals surface area contributed by atoms with Crippen LogP contribution in [0.5, 0.6) is 11.6 Å². The summed E-state index contributed by atoms with van der Waals surface area (Å²) in [6.07, 6.45) is 2.52. The monoisotopic (exact) mass is 506 g/mol. The SMILES string of the molecule is Fc1c(Oc2nnc(Cl)cc2C2=NOC[C@@H](Cc3ccc(Cl)cc3Cl)N2)cccc1C1CC1. The number of hydrogen-bond acceptors (Lipinski definition) is 6. The lowest BCUT2D eigenvalue weighted by Crippen LogP contribution is -2.43. The first-order valence-corrected chi connectivity index (χ1v) is 11.5. The molecule has 1 atom stereocenters. The fourth-order valence-corrected chi connectivity index (χ4v) is 4.30. The van der Waals surface area contributed by atoms with Crippen LogP contribution >= 0.6 is 34.8 Å². The standard InChI is InChI=1S/C23H18Cl3FN4O2/c24-14-7-6-13(18(25)9-14)8-15-11-32-31-22(28-15)17-10-20(26)29-30-23(17)33-19-3-1-2-16(21(19)27)12-4-5-12/h1-3,6-7,9-10,12,15H,4-5,8,11H2,(H,28,31)/t15-/m1/s1. The smallest absolute Gasteiger partial charge is 0.250 e. The molecule has 2 aromatic carbocycles. The molecule has 1 saturated carbocycles. The van der Waals surface area contributed by atoms with E-state index in [2.05, 4.69) is 20.7 Å². The summed E-state index contributed by atoms with van der Waals surface area (Å²) in [5, 5.41) is 16.6. The maximum atomic E-state index is 15.0. The Labute approximate surface area is 204 Å². The van der Waals surface area contributed by atoms with E-state index in [0.29, 0.717) is 40.0 Å². The Morgan fingerprint density at radius 1 is 1.09 bits per heavy atom. The molecule has 1 aromatic heterocycles. The Morgan fingerprint density at radius 2 is 1.94 bits per heavy atom. The molecule has 0 bridgehead atoms. The second-order valence-electron chi connectivity index (χ2n) is 7.94. The summed E-state index contributed by atoms with van der Waals surface area (Å²) in [6.45, 7) is 0.322. The van der Waals surface area contributed by atoms with Gasteiger partial charge in [-0.05, 0) is 60.6 Å². The molecule has 10 heteroatoms. The predicted molar refractivity (Wildman–Crippen MR) is 125 cm³/mol. The van der Waals surface area contributed by atoms with Crippen LogP contribution in [0, 0.1) is 5.82 Å². The van der Waals surface area contributed by atoms with Gasteiger partial charge >= 0.3 is 0 Å². The Bertz CT molecular complexity index is 1240. The zero-order valence-corrected chi connectivity index (χ0v) is 19.5. The van der Waals surface area contributed by atoms with Gasteiger partial charge in [-0.2, -0.15) is 0 Å². The van der Waals surface area contributed by atoms with E-state index in [9.17, 15) is 4.39 Å². The van der Waals surface area contributed by atoms with Crippen LogP contribution in [0.3, 0.4) is 0 Å². The molecule has 3 aromatic rings. The lowest BCUT2D eigenvalue weighted by atomic mass is 10.1. The number of amidine groups is 1. The average molecular weight is 508 g/mol. The molecule has 33 heavy (non-hydrogen) atoms. The molecule has 1 aliphatic carbocycles. The van der Waals surface area contributed by atoms with Gasteiger partial charge in [0.15, 0.2) is 22.6 Å². The number of halogens is 4. The third-order valence-electron chi connectivity index (χ3n) is 5.46. The summed E-state index contributed by atoms with van der Waals surface area (Å²) in [5.74, 6) is 0.322. The first kappa shape index (κ1) is 22.2. The van der Waals surface area contributed by atoms with Gasteiger partial charge in [-0.3, -0.25) is 0 Å². The topological polar surface area (TPSA) is 68.6 Å². The minimum absolute atomic E-state index is 0.0614. The van der Waals surface area contributed by atoms with Gasteiger partial charge in [0.05, 0.1) is 11.6 Å². The van der Waals surface area contributed by atoms with Crippen molar-refractivity contribution in [3.05, 3.63) is 80.2 Å². The normalized spacial score (nSPS) is 17.7.